The second kappa shape index (κ2) is 12.6. The summed E-state index contributed by atoms with van der Waals surface area (Å²) in [5.41, 5.74) is 0.914. The van der Waals surface area contributed by atoms with Crippen molar-refractivity contribution in [3.63, 3.8) is 0 Å². The van der Waals surface area contributed by atoms with Gasteiger partial charge >= 0.3 is 0 Å². The Hall–Kier alpha value is -4.34. The van der Waals surface area contributed by atoms with E-state index < -0.39 is 10.8 Å². The predicted octanol–water partition coefficient (Wildman–Crippen LogP) is 4.33. The van der Waals surface area contributed by atoms with Crippen LogP contribution in [0.25, 0.3) is 0 Å². The largest absolute Gasteiger partial charge is 0.493 e. The van der Waals surface area contributed by atoms with Gasteiger partial charge in [-0.3, -0.25) is 19.7 Å². The number of hydrogen-bond acceptors (Lipinski definition) is 7. The lowest BCUT2D eigenvalue weighted by molar-refractivity contribution is -0.384. The smallest absolute Gasteiger partial charge is 0.270 e. The summed E-state index contributed by atoms with van der Waals surface area (Å²) < 4.78 is 16.1. The SMILES string of the molecule is COc1ccc(CCN(Cc2ccco2)C(=O)CN(C(=O)c2cccc([N+](=O)[O-])c2)C(C)C)cc1OC. The number of furan rings is 1. The molecule has 1 aromatic heterocycles. The standard InChI is InChI=1S/C27H31N3O7/c1-19(2)29(27(32)21-7-5-8-22(16-21)30(33)34)18-26(31)28(17-23-9-6-14-37-23)13-12-20-10-11-24(35-3)25(15-20)36-4/h5-11,14-16,19H,12-13,17-18H2,1-4H3. The summed E-state index contributed by atoms with van der Waals surface area (Å²) in [6.45, 7) is 4.00. The van der Waals surface area contributed by atoms with E-state index in [0.717, 1.165) is 5.56 Å². The van der Waals surface area contributed by atoms with E-state index in [4.69, 9.17) is 13.9 Å². The number of non-ortho nitro benzene ring substituents is 1. The van der Waals surface area contributed by atoms with E-state index in [1.54, 1.807) is 51.4 Å². The lowest BCUT2D eigenvalue weighted by atomic mass is 10.1. The van der Waals surface area contributed by atoms with Crippen molar-refractivity contribution in [2.45, 2.75) is 32.9 Å². The molecule has 0 atom stereocenters. The van der Waals surface area contributed by atoms with Gasteiger partial charge in [0.1, 0.15) is 12.3 Å². The summed E-state index contributed by atoms with van der Waals surface area (Å²) in [5, 5.41) is 11.2. The molecule has 0 unspecified atom stereocenters. The van der Waals surface area contributed by atoms with Gasteiger partial charge in [-0.2, -0.15) is 0 Å². The minimum Gasteiger partial charge on any atom is -0.493 e. The van der Waals surface area contributed by atoms with Crippen molar-refractivity contribution in [1.82, 2.24) is 9.80 Å². The maximum atomic E-state index is 13.5. The third kappa shape index (κ3) is 7.09. The molecule has 37 heavy (non-hydrogen) atoms. The minimum absolute atomic E-state index is 0.151. The van der Waals surface area contributed by atoms with Crippen molar-refractivity contribution < 1.29 is 28.4 Å². The van der Waals surface area contributed by atoms with Gasteiger partial charge in [-0.1, -0.05) is 12.1 Å². The van der Waals surface area contributed by atoms with Gasteiger partial charge in [-0.05, 0) is 56.2 Å². The number of hydrogen-bond donors (Lipinski definition) is 0. The normalized spacial score (nSPS) is 10.7. The van der Waals surface area contributed by atoms with Crippen molar-refractivity contribution in [3.05, 3.63) is 87.9 Å². The molecule has 0 saturated carbocycles. The van der Waals surface area contributed by atoms with Crippen LogP contribution in [0.4, 0.5) is 5.69 Å². The highest BCUT2D eigenvalue weighted by molar-refractivity contribution is 5.97. The van der Waals surface area contributed by atoms with E-state index in [9.17, 15) is 19.7 Å². The highest BCUT2D eigenvalue weighted by Crippen LogP contribution is 2.28. The molecule has 1 heterocycles. The number of rotatable bonds is 12. The fourth-order valence-electron chi connectivity index (χ4n) is 3.84. The average Bonchev–Trinajstić information content (AvgIpc) is 3.42. The van der Waals surface area contributed by atoms with Crippen LogP contribution in [0.15, 0.2) is 65.3 Å². The molecule has 0 radical (unpaired) electrons. The molecule has 0 aliphatic carbocycles. The molecule has 3 rings (SSSR count). The Kier molecular flexibility index (Phi) is 9.26. The van der Waals surface area contributed by atoms with E-state index in [2.05, 4.69) is 0 Å². The van der Waals surface area contributed by atoms with Crippen LogP contribution in [0.3, 0.4) is 0 Å². The number of ether oxygens (including phenoxy) is 2. The van der Waals surface area contributed by atoms with Crippen molar-refractivity contribution >= 4 is 17.5 Å². The van der Waals surface area contributed by atoms with Crippen molar-refractivity contribution in [3.8, 4) is 11.5 Å². The van der Waals surface area contributed by atoms with Gasteiger partial charge in [-0.25, -0.2) is 0 Å². The predicted molar refractivity (Wildman–Crippen MR) is 137 cm³/mol. The van der Waals surface area contributed by atoms with Gasteiger partial charge in [-0.15, -0.1) is 0 Å². The summed E-state index contributed by atoms with van der Waals surface area (Å²) in [4.78, 5) is 40.4. The number of methoxy groups -OCH3 is 2. The molecule has 0 N–H and O–H groups in total. The summed E-state index contributed by atoms with van der Waals surface area (Å²) in [7, 11) is 3.13. The summed E-state index contributed by atoms with van der Waals surface area (Å²) >= 11 is 0. The Morgan fingerprint density at radius 3 is 2.41 bits per heavy atom. The van der Waals surface area contributed by atoms with Crippen molar-refractivity contribution in [2.75, 3.05) is 27.3 Å². The molecule has 10 heteroatoms. The maximum absolute atomic E-state index is 13.5. The van der Waals surface area contributed by atoms with Gasteiger partial charge in [0.2, 0.25) is 5.91 Å². The van der Waals surface area contributed by atoms with E-state index in [-0.39, 0.29) is 36.3 Å². The first-order chi connectivity index (χ1) is 17.7. The Morgan fingerprint density at radius 1 is 1.03 bits per heavy atom. The number of carbonyl (C=O) groups excluding carboxylic acids is 2. The quantitative estimate of drug-likeness (QED) is 0.264. The van der Waals surface area contributed by atoms with Crippen LogP contribution < -0.4 is 9.47 Å². The molecule has 0 saturated heterocycles. The topological polar surface area (TPSA) is 115 Å². The van der Waals surface area contributed by atoms with E-state index >= 15 is 0 Å². The molecule has 0 aliphatic rings. The van der Waals surface area contributed by atoms with Crippen LogP contribution in [0.1, 0.15) is 35.5 Å². The fourth-order valence-corrected chi connectivity index (χ4v) is 3.84. The van der Waals surface area contributed by atoms with Crippen molar-refractivity contribution in [1.29, 1.82) is 0 Å². The lowest BCUT2D eigenvalue weighted by Crippen LogP contribution is -2.46. The molecule has 196 valence electrons. The van der Waals surface area contributed by atoms with Crippen LogP contribution >= 0.6 is 0 Å². The third-order valence-electron chi connectivity index (χ3n) is 5.89. The summed E-state index contributed by atoms with van der Waals surface area (Å²) in [6.07, 6.45) is 2.08. The lowest BCUT2D eigenvalue weighted by Gasteiger charge is -2.30. The Labute approximate surface area is 215 Å². The number of benzene rings is 2. The molecule has 10 nitrogen and oxygen atoms in total. The highest BCUT2D eigenvalue weighted by Gasteiger charge is 2.26. The Balaban J connectivity index is 1.79. The van der Waals surface area contributed by atoms with Crippen LogP contribution in [-0.2, 0) is 17.8 Å². The first kappa shape index (κ1) is 27.3. The number of carbonyl (C=O) groups is 2. The van der Waals surface area contributed by atoms with Crippen LogP contribution in [-0.4, -0.2) is 59.9 Å². The molecule has 3 aromatic rings. The molecule has 0 spiro atoms. The van der Waals surface area contributed by atoms with Crippen LogP contribution in [0.2, 0.25) is 0 Å². The van der Waals surface area contributed by atoms with Crippen molar-refractivity contribution in [2.24, 2.45) is 0 Å². The second-order valence-electron chi connectivity index (χ2n) is 8.67. The first-order valence-corrected chi connectivity index (χ1v) is 11.8. The Bertz CT molecular complexity index is 1220. The molecule has 2 aromatic carbocycles. The number of nitrogens with zero attached hydrogens (tertiary/aromatic N) is 3. The third-order valence-corrected chi connectivity index (χ3v) is 5.89. The molecule has 0 bridgehead atoms. The maximum Gasteiger partial charge on any atom is 0.270 e. The van der Waals surface area contributed by atoms with E-state index in [0.29, 0.717) is 30.2 Å². The van der Waals surface area contributed by atoms with Gasteiger partial charge in [0.05, 0.1) is 32.0 Å². The average molecular weight is 510 g/mol. The molecular formula is C27H31N3O7. The molecule has 0 fully saturated rings. The van der Waals surface area contributed by atoms with E-state index in [1.165, 1.54) is 29.2 Å². The fraction of sp³-hybridized carbons (Fsp3) is 0.333. The van der Waals surface area contributed by atoms with Gasteiger partial charge in [0, 0.05) is 30.3 Å². The van der Waals surface area contributed by atoms with Gasteiger partial charge in [0.25, 0.3) is 11.6 Å². The number of nitro benzene ring substituents is 1. The summed E-state index contributed by atoms with van der Waals surface area (Å²) in [5.74, 6) is 1.09. The van der Waals surface area contributed by atoms with Crippen LogP contribution in [0, 0.1) is 10.1 Å². The van der Waals surface area contributed by atoms with Gasteiger partial charge in [0.15, 0.2) is 11.5 Å². The second-order valence-corrected chi connectivity index (χ2v) is 8.67. The Morgan fingerprint density at radius 2 is 1.78 bits per heavy atom. The summed E-state index contributed by atoms with van der Waals surface area (Å²) in [6, 6.07) is 14.3. The highest BCUT2D eigenvalue weighted by atomic mass is 16.6. The molecule has 0 aliphatic heterocycles. The van der Waals surface area contributed by atoms with Gasteiger partial charge < -0.3 is 23.7 Å². The zero-order valence-electron chi connectivity index (χ0n) is 21.4. The number of amides is 2. The van der Waals surface area contributed by atoms with E-state index in [1.807, 2.05) is 18.2 Å². The molecular weight excluding hydrogens is 478 g/mol. The minimum atomic E-state index is -0.555. The van der Waals surface area contributed by atoms with Crippen LogP contribution in [0.5, 0.6) is 11.5 Å². The first-order valence-electron chi connectivity index (χ1n) is 11.8. The number of nitro groups is 1. The molecule has 2 amide bonds. The zero-order valence-corrected chi connectivity index (χ0v) is 21.4. The monoisotopic (exact) mass is 509 g/mol. The zero-order chi connectivity index (χ0) is 26.9.